The fourth-order valence-electron chi connectivity index (χ4n) is 2.02. The van der Waals surface area contributed by atoms with E-state index >= 15 is 0 Å². The summed E-state index contributed by atoms with van der Waals surface area (Å²) >= 11 is 1.40. The van der Waals surface area contributed by atoms with Crippen LogP contribution in [-0.4, -0.2) is 24.8 Å². The minimum atomic E-state index is -0.145. The van der Waals surface area contributed by atoms with E-state index < -0.39 is 0 Å². The van der Waals surface area contributed by atoms with Gasteiger partial charge < -0.3 is 15.4 Å². The summed E-state index contributed by atoms with van der Waals surface area (Å²) < 4.78 is 5.38. The van der Waals surface area contributed by atoms with Crippen molar-refractivity contribution in [2.75, 3.05) is 29.5 Å². The van der Waals surface area contributed by atoms with Crippen LogP contribution in [0.5, 0.6) is 5.75 Å². The summed E-state index contributed by atoms with van der Waals surface area (Å²) in [7, 11) is 0. The number of amides is 1. The number of anilines is 2. The molecule has 0 bridgehead atoms. The van der Waals surface area contributed by atoms with Gasteiger partial charge in [0.25, 0.3) is 0 Å². The number of carbonyl (C=O) groups excluding carboxylic acids is 1. The van der Waals surface area contributed by atoms with E-state index in [2.05, 4.69) is 16.7 Å². The van der Waals surface area contributed by atoms with Crippen LogP contribution in [0.4, 0.5) is 11.4 Å². The van der Waals surface area contributed by atoms with Crippen LogP contribution in [0.15, 0.2) is 53.4 Å². The van der Waals surface area contributed by atoms with E-state index in [1.807, 2.05) is 55.5 Å². The van der Waals surface area contributed by atoms with Crippen molar-refractivity contribution in [1.82, 2.24) is 0 Å². The quantitative estimate of drug-likeness (QED) is 0.715. The molecule has 1 amide bonds. The van der Waals surface area contributed by atoms with Gasteiger partial charge in [0.15, 0.2) is 0 Å². The smallest absolute Gasteiger partial charge is 0.243 e. The molecule has 0 aromatic heterocycles. The third-order valence-corrected chi connectivity index (χ3v) is 4.01. The number of para-hydroxylation sites is 1. The third-order valence-electron chi connectivity index (χ3n) is 3.07. The number of rotatable bonds is 8. The lowest BCUT2D eigenvalue weighted by Crippen LogP contribution is -2.22. The van der Waals surface area contributed by atoms with Gasteiger partial charge in [0.2, 0.25) is 5.91 Å². The Bertz CT molecular complexity index is 711. The largest absolute Gasteiger partial charge is 0.494 e. The fourth-order valence-corrected chi connectivity index (χ4v) is 2.69. The number of nitrogens with zero attached hydrogens (tertiary/aromatic N) is 1. The van der Waals surface area contributed by atoms with Crippen molar-refractivity contribution in [1.29, 1.82) is 5.26 Å². The molecule has 24 heavy (non-hydrogen) atoms. The maximum absolute atomic E-state index is 12.1. The second kappa shape index (κ2) is 9.48. The summed E-state index contributed by atoms with van der Waals surface area (Å²) in [5.74, 6) is 1.00. The van der Waals surface area contributed by atoms with Gasteiger partial charge in [-0.25, -0.2) is 0 Å². The molecule has 0 aliphatic rings. The molecule has 0 fully saturated rings. The van der Waals surface area contributed by atoms with Crippen LogP contribution >= 0.6 is 11.8 Å². The van der Waals surface area contributed by atoms with E-state index in [0.717, 1.165) is 22.0 Å². The molecule has 0 unspecified atom stereocenters. The van der Waals surface area contributed by atoms with Crippen LogP contribution in [0, 0.1) is 11.3 Å². The van der Waals surface area contributed by atoms with Gasteiger partial charge in [-0.05, 0) is 43.3 Å². The molecule has 2 rings (SSSR count). The van der Waals surface area contributed by atoms with Gasteiger partial charge in [-0.2, -0.15) is 5.26 Å². The molecule has 0 radical (unpaired) electrons. The normalized spacial score (nSPS) is 9.83. The SMILES string of the molecule is CCOc1ccc(NCC(=O)Nc2ccccc2SCC#N)cc1. The van der Waals surface area contributed by atoms with Gasteiger partial charge in [0.1, 0.15) is 5.75 Å². The summed E-state index contributed by atoms with van der Waals surface area (Å²) in [6, 6.07) is 17.0. The Morgan fingerprint density at radius 1 is 1.21 bits per heavy atom. The number of carbonyl (C=O) groups is 1. The Hall–Kier alpha value is -2.65. The maximum Gasteiger partial charge on any atom is 0.243 e. The Morgan fingerprint density at radius 3 is 2.67 bits per heavy atom. The predicted molar refractivity (Wildman–Crippen MR) is 97.5 cm³/mol. The van der Waals surface area contributed by atoms with Crippen molar-refractivity contribution in [3.8, 4) is 11.8 Å². The van der Waals surface area contributed by atoms with Crippen LogP contribution in [0.2, 0.25) is 0 Å². The Kier molecular flexibility index (Phi) is 6.99. The fraction of sp³-hybridized carbons (Fsp3) is 0.222. The highest BCUT2D eigenvalue weighted by atomic mass is 32.2. The zero-order valence-electron chi connectivity index (χ0n) is 13.4. The van der Waals surface area contributed by atoms with Crippen LogP contribution in [0.3, 0.4) is 0 Å². The lowest BCUT2D eigenvalue weighted by molar-refractivity contribution is -0.114. The number of thioether (sulfide) groups is 1. The topological polar surface area (TPSA) is 74.2 Å². The first-order chi connectivity index (χ1) is 11.7. The number of hydrogen-bond donors (Lipinski definition) is 2. The van der Waals surface area contributed by atoms with Crippen molar-refractivity contribution in [3.05, 3.63) is 48.5 Å². The van der Waals surface area contributed by atoms with E-state index in [-0.39, 0.29) is 12.5 Å². The molecular weight excluding hydrogens is 322 g/mol. The van der Waals surface area contributed by atoms with Crippen molar-refractivity contribution in [2.24, 2.45) is 0 Å². The van der Waals surface area contributed by atoms with Gasteiger partial charge in [-0.1, -0.05) is 12.1 Å². The summed E-state index contributed by atoms with van der Waals surface area (Å²) in [6.45, 7) is 2.72. The molecule has 0 aliphatic heterocycles. The van der Waals surface area contributed by atoms with Crippen molar-refractivity contribution >= 4 is 29.0 Å². The van der Waals surface area contributed by atoms with Crippen molar-refractivity contribution < 1.29 is 9.53 Å². The van der Waals surface area contributed by atoms with Gasteiger partial charge in [-0.15, -0.1) is 11.8 Å². The number of ether oxygens (including phenoxy) is 1. The molecule has 0 spiro atoms. The average molecular weight is 341 g/mol. The average Bonchev–Trinajstić information content (AvgIpc) is 2.61. The first-order valence-electron chi connectivity index (χ1n) is 7.58. The summed E-state index contributed by atoms with van der Waals surface area (Å²) in [5.41, 5.74) is 1.57. The van der Waals surface area contributed by atoms with Gasteiger partial charge in [0, 0.05) is 10.6 Å². The minimum absolute atomic E-state index is 0.145. The highest BCUT2D eigenvalue weighted by Gasteiger charge is 2.07. The van der Waals surface area contributed by atoms with E-state index in [4.69, 9.17) is 10.00 Å². The van der Waals surface area contributed by atoms with E-state index in [1.165, 1.54) is 11.8 Å². The van der Waals surface area contributed by atoms with Crippen LogP contribution < -0.4 is 15.4 Å². The zero-order chi connectivity index (χ0) is 17.2. The second-order valence-corrected chi connectivity index (χ2v) is 5.82. The molecule has 6 heteroatoms. The molecule has 2 N–H and O–H groups in total. The van der Waals surface area contributed by atoms with E-state index in [1.54, 1.807) is 0 Å². The molecule has 0 saturated heterocycles. The molecule has 0 atom stereocenters. The van der Waals surface area contributed by atoms with Gasteiger partial charge in [0.05, 0.1) is 30.7 Å². The number of benzene rings is 2. The minimum Gasteiger partial charge on any atom is -0.494 e. The molecule has 0 aliphatic carbocycles. The second-order valence-electron chi connectivity index (χ2n) is 4.80. The van der Waals surface area contributed by atoms with Crippen molar-refractivity contribution in [2.45, 2.75) is 11.8 Å². The maximum atomic E-state index is 12.1. The Labute approximate surface area is 146 Å². The first kappa shape index (κ1) is 17.7. The number of nitriles is 1. The molecule has 124 valence electrons. The molecule has 0 heterocycles. The van der Waals surface area contributed by atoms with E-state index in [9.17, 15) is 4.79 Å². The molecule has 2 aromatic carbocycles. The molecular formula is C18H19N3O2S. The number of nitrogens with one attached hydrogen (secondary N) is 2. The molecule has 5 nitrogen and oxygen atoms in total. The lowest BCUT2D eigenvalue weighted by atomic mass is 10.3. The highest BCUT2D eigenvalue weighted by Crippen LogP contribution is 2.26. The molecule has 0 saturated carbocycles. The number of hydrogen-bond acceptors (Lipinski definition) is 5. The van der Waals surface area contributed by atoms with Crippen molar-refractivity contribution in [3.63, 3.8) is 0 Å². The Balaban J connectivity index is 1.88. The zero-order valence-corrected chi connectivity index (χ0v) is 14.2. The monoisotopic (exact) mass is 341 g/mol. The Morgan fingerprint density at radius 2 is 1.96 bits per heavy atom. The standard InChI is InChI=1S/C18H19N3O2S/c1-2-23-15-9-7-14(8-10-15)20-13-18(22)21-16-5-3-4-6-17(16)24-12-11-19/h3-10,20H,2,12-13H2,1H3,(H,21,22). The summed E-state index contributed by atoms with van der Waals surface area (Å²) in [4.78, 5) is 13.0. The summed E-state index contributed by atoms with van der Waals surface area (Å²) in [5, 5.41) is 14.6. The molecule has 2 aromatic rings. The highest BCUT2D eigenvalue weighted by molar-refractivity contribution is 7.99. The van der Waals surface area contributed by atoms with Crippen LogP contribution in [0.1, 0.15) is 6.92 Å². The first-order valence-corrected chi connectivity index (χ1v) is 8.57. The van der Waals surface area contributed by atoms with Crippen LogP contribution in [0.25, 0.3) is 0 Å². The van der Waals surface area contributed by atoms with E-state index in [0.29, 0.717) is 12.4 Å². The predicted octanol–water partition coefficient (Wildman–Crippen LogP) is 3.75. The van der Waals surface area contributed by atoms with Gasteiger partial charge >= 0.3 is 0 Å². The van der Waals surface area contributed by atoms with Crippen LogP contribution in [-0.2, 0) is 4.79 Å². The lowest BCUT2D eigenvalue weighted by Gasteiger charge is -2.11. The third kappa shape index (κ3) is 5.52. The summed E-state index contributed by atoms with van der Waals surface area (Å²) in [6.07, 6.45) is 0. The van der Waals surface area contributed by atoms with Gasteiger partial charge in [-0.3, -0.25) is 4.79 Å².